The molecule has 5 aliphatic rings. The quantitative estimate of drug-likeness (QED) is 0.172. The summed E-state index contributed by atoms with van der Waals surface area (Å²) in [7, 11) is 0. The molecule has 5 fully saturated rings. The molecule has 0 aromatic heterocycles. The summed E-state index contributed by atoms with van der Waals surface area (Å²) in [6, 6.07) is 0. The van der Waals surface area contributed by atoms with Crippen LogP contribution in [0.15, 0.2) is 30.0 Å². The first-order valence-corrected chi connectivity index (χ1v) is 15.2. The number of aliphatic hydroxyl groups excluding tert-OH is 1. The summed E-state index contributed by atoms with van der Waals surface area (Å²) >= 11 is 0. The topological polar surface area (TPSA) is 79.1 Å². The summed E-state index contributed by atoms with van der Waals surface area (Å²) in [5.41, 5.74) is 1.53. The van der Waals surface area contributed by atoms with Gasteiger partial charge >= 0.3 is 5.97 Å². The van der Waals surface area contributed by atoms with Crippen molar-refractivity contribution < 1.29 is 19.8 Å². The summed E-state index contributed by atoms with van der Waals surface area (Å²) in [4.78, 5) is 13.7. The molecule has 2 N–H and O–H groups in total. The second kappa shape index (κ2) is 9.21. The summed E-state index contributed by atoms with van der Waals surface area (Å²) < 4.78 is 5.81. The van der Waals surface area contributed by atoms with Crippen LogP contribution in [0.25, 0.3) is 0 Å². The van der Waals surface area contributed by atoms with Gasteiger partial charge < -0.3 is 15.1 Å². The van der Waals surface area contributed by atoms with E-state index in [1.54, 1.807) is 6.08 Å². The molecule has 5 heteroatoms. The van der Waals surface area contributed by atoms with Crippen LogP contribution in [0.5, 0.6) is 0 Å². The van der Waals surface area contributed by atoms with E-state index in [1.165, 1.54) is 5.57 Å². The highest BCUT2D eigenvalue weighted by molar-refractivity contribution is 5.91. The fourth-order valence-electron chi connectivity index (χ4n) is 11.8. The third-order valence-electron chi connectivity index (χ3n) is 13.8. The molecule has 5 nitrogen and oxygen atoms in total. The number of carbonyl (C=O) groups excluding carboxylic acids is 1. The van der Waals surface area contributed by atoms with Crippen LogP contribution in [0.3, 0.4) is 0 Å². The van der Waals surface area contributed by atoms with E-state index in [0.29, 0.717) is 29.6 Å². The van der Waals surface area contributed by atoms with E-state index < -0.39 is 10.8 Å². The highest BCUT2D eigenvalue weighted by Crippen LogP contribution is 2.77. The van der Waals surface area contributed by atoms with Gasteiger partial charge in [0, 0.05) is 5.41 Å². The zero-order valence-electron chi connectivity index (χ0n) is 24.5. The minimum atomic E-state index is -0.464. The highest BCUT2D eigenvalue weighted by atomic mass is 16.5. The van der Waals surface area contributed by atoms with Gasteiger partial charge in [0.25, 0.3) is 0 Å². The molecule has 0 aliphatic heterocycles. The lowest BCUT2D eigenvalue weighted by molar-refractivity contribution is -0.233. The zero-order chi connectivity index (χ0) is 27.7. The van der Waals surface area contributed by atoms with Crippen molar-refractivity contribution in [3.05, 3.63) is 24.8 Å². The number of nitrogens with zero attached hydrogens (tertiary/aromatic N) is 1. The molecular weight excluding hydrogens is 474 g/mol. The molecule has 5 rings (SSSR count). The Bertz CT molecular complexity index is 1040. The maximum atomic E-state index is 13.7. The van der Waals surface area contributed by atoms with Gasteiger partial charge in [-0.2, -0.15) is 0 Å². The molecule has 38 heavy (non-hydrogen) atoms. The number of rotatable bonds is 5. The van der Waals surface area contributed by atoms with Gasteiger partial charge in [0.15, 0.2) is 0 Å². The number of carbonyl (C=O) groups is 1. The van der Waals surface area contributed by atoms with Crippen LogP contribution in [-0.2, 0) is 9.53 Å². The first-order chi connectivity index (χ1) is 17.9. The predicted octanol–water partition coefficient (Wildman–Crippen LogP) is 7.18. The summed E-state index contributed by atoms with van der Waals surface area (Å²) in [5.74, 6) is 1.99. The van der Waals surface area contributed by atoms with Crippen LogP contribution in [0, 0.1) is 56.7 Å². The molecule has 0 bridgehead atoms. The van der Waals surface area contributed by atoms with Gasteiger partial charge in [-0.15, -0.1) is 0 Å². The molecular formula is C33H51NO4. The first-order valence-electron chi connectivity index (χ1n) is 15.2. The Morgan fingerprint density at radius 3 is 2.39 bits per heavy atom. The Kier molecular flexibility index (Phi) is 6.77. The van der Waals surface area contributed by atoms with Crippen molar-refractivity contribution in [3.8, 4) is 0 Å². The molecule has 0 saturated heterocycles. The predicted molar refractivity (Wildman–Crippen MR) is 151 cm³/mol. The van der Waals surface area contributed by atoms with Crippen molar-refractivity contribution in [3.63, 3.8) is 0 Å². The second-order valence-corrected chi connectivity index (χ2v) is 14.9. The molecule has 5 aliphatic carbocycles. The number of ether oxygens (including phenoxy) is 1. The Labute approximate surface area is 230 Å². The van der Waals surface area contributed by atoms with Gasteiger partial charge in [-0.1, -0.05) is 57.7 Å². The Balaban J connectivity index is 1.54. The van der Waals surface area contributed by atoms with Crippen molar-refractivity contribution in [1.29, 1.82) is 0 Å². The van der Waals surface area contributed by atoms with Gasteiger partial charge in [-0.25, -0.2) is 0 Å². The van der Waals surface area contributed by atoms with Crippen molar-refractivity contribution in [1.82, 2.24) is 0 Å². The summed E-state index contributed by atoms with van der Waals surface area (Å²) in [5, 5.41) is 24.1. The lowest BCUT2D eigenvalue weighted by Gasteiger charge is -2.72. The standard InChI is InChI=1S/C33H51NO4/c1-8-19-38-28(36)33-16-11-22(21(2)3)27(33)23-9-10-25-29(4)14-13-26(34-37)30(5,20-35)24(29)12-15-32(25,7)31(23,6)17-18-33/h8,22-25,27,35,37H,1-2,9-20H2,3-7H3/b34-26+/t22-,23+,24+,25+,27+,29-,30-,31+,32+,33-/m0/s1. The van der Waals surface area contributed by atoms with Gasteiger partial charge in [-0.05, 0) is 117 Å². The number of aliphatic hydroxyl groups is 1. The van der Waals surface area contributed by atoms with Crippen molar-refractivity contribution in [2.24, 2.45) is 61.8 Å². The maximum absolute atomic E-state index is 13.7. The monoisotopic (exact) mass is 525 g/mol. The number of allylic oxidation sites excluding steroid dienone is 1. The number of fused-ring (bicyclic) bond motifs is 7. The zero-order valence-corrected chi connectivity index (χ0v) is 24.5. The largest absolute Gasteiger partial charge is 0.461 e. The van der Waals surface area contributed by atoms with E-state index in [4.69, 9.17) is 4.74 Å². The number of oxime groups is 1. The lowest BCUT2D eigenvalue weighted by Crippen LogP contribution is -2.67. The van der Waals surface area contributed by atoms with Crippen LogP contribution in [0.4, 0.5) is 0 Å². The molecule has 0 aromatic carbocycles. The minimum absolute atomic E-state index is 0.00189. The fourth-order valence-corrected chi connectivity index (χ4v) is 11.8. The molecule has 212 valence electrons. The Morgan fingerprint density at radius 1 is 1.03 bits per heavy atom. The summed E-state index contributed by atoms with van der Waals surface area (Å²) in [6.45, 7) is 20.4. The SMILES string of the molecule is C=CCOC(=O)[C@]12CC[C@@H](C(=C)C)[C@@H]1[C@H]1CC[C@@H]3[C@@]4(C)CC/C(=N\O)[C@@](C)(CO)[C@@H]4CC[C@@]3(C)[C@]1(C)CC2. The number of esters is 1. The molecule has 10 atom stereocenters. The van der Waals surface area contributed by atoms with Crippen molar-refractivity contribution in [2.75, 3.05) is 13.2 Å². The third kappa shape index (κ3) is 3.38. The average Bonchev–Trinajstić information content (AvgIpc) is 3.29. The summed E-state index contributed by atoms with van der Waals surface area (Å²) in [6.07, 6.45) is 11.8. The van der Waals surface area contributed by atoms with Gasteiger partial charge in [0.05, 0.1) is 17.7 Å². The fraction of sp³-hybridized carbons (Fsp3) is 0.818. The molecule has 0 amide bonds. The Hall–Kier alpha value is -1.62. The lowest BCUT2D eigenvalue weighted by atomic mass is 9.32. The molecule has 0 aromatic rings. The second-order valence-electron chi connectivity index (χ2n) is 14.9. The normalized spacial score (nSPS) is 50.8. The van der Waals surface area contributed by atoms with Crippen LogP contribution in [0.1, 0.15) is 98.8 Å². The van der Waals surface area contributed by atoms with Crippen LogP contribution < -0.4 is 0 Å². The van der Waals surface area contributed by atoms with E-state index in [9.17, 15) is 15.1 Å². The Morgan fingerprint density at radius 2 is 1.76 bits per heavy atom. The van der Waals surface area contributed by atoms with Gasteiger partial charge in [-0.3, -0.25) is 4.79 Å². The molecule has 0 spiro atoms. The maximum Gasteiger partial charge on any atom is 0.312 e. The minimum Gasteiger partial charge on any atom is -0.461 e. The van der Waals surface area contributed by atoms with E-state index in [2.05, 4.69) is 52.9 Å². The smallest absolute Gasteiger partial charge is 0.312 e. The van der Waals surface area contributed by atoms with Crippen LogP contribution in [-0.4, -0.2) is 35.2 Å². The molecule has 0 heterocycles. The first kappa shape index (κ1) is 27.9. The average molecular weight is 526 g/mol. The van der Waals surface area contributed by atoms with Crippen LogP contribution >= 0.6 is 0 Å². The molecule has 0 radical (unpaired) electrons. The number of hydrogen-bond acceptors (Lipinski definition) is 5. The van der Waals surface area contributed by atoms with Gasteiger partial charge in [0.1, 0.15) is 6.61 Å². The molecule has 0 unspecified atom stereocenters. The third-order valence-corrected chi connectivity index (χ3v) is 13.8. The van der Waals surface area contributed by atoms with E-state index in [0.717, 1.165) is 69.9 Å². The number of hydrogen-bond donors (Lipinski definition) is 2. The van der Waals surface area contributed by atoms with E-state index in [1.807, 2.05) is 0 Å². The van der Waals surface area contributed by atoms with Crippen molar-refractivity contribution >= 4 is 11.7 Å². The van der Waals surface area contributed by atoms with Crippen LogP contribution in [0.2, 0.25) is 0 Å². The van der Waals surface area contributed by atoms with Gasteiger partial charge in [0.2, 0.25) is 0 Å². The van der Waals surface area contributed by atoms with E-state index in [-0.39, 0.29) is 35.4 Å². The van der Waals surface area contributed by atoms with E-state index >= 15 is 0 Å². The molecule has 5 saturated carbocycles. The van der Waals surface area contributed by atoms with Crippen molar-refractivity contribution in [2.45, 2.75) is 98.8 Å². The highest BCUT2D eigenvalue weighted by Gasteiger charge is 2.72.